The lowest BCUT2D eigenvalue weighted by molar-refractivity contribution is 0.0516. The molecule has 0 unspecified atom stereocenters. The molecule has 0 aliphatic carbocycles. The predicted molar refractivity (Wildman–Crippen MR) is 58.5 cm³/mol. The monoisotopic (exact) mass is 246 g/mol. The van der Waals surface area contributed by atoms with Crippen molar-refractivity contribution in [3.05, 3.63) is 28.5 Å². The second kappa shape index (κ2) is 5.70. The van der Waals surface area contributed by atoms with Crippen LogP contribution in [-0.4, -0.2) is 19.2 Å². The molecule has 0 heterocycles. The molecule has 0 amide bonds. The summed E-state index contributed by atoms with van der Waals surface area (Å²) in [6.45, 7) is 3.81. The second-order valence-corrected chi connectivity index (χ2v) is 3.29. The summed E-state index contributed by atoms with van der Waals surface area (Å²) in [5, 5.41) is 0.186. The van der Waals surface area contributed by atoms with Crippen molar-refractivity contribution < 1.29 is 18.7 Å². The minimum absolute atomic E-state index is 0.0302. The Morgan fingerprint density at radius 2 is 2.06 bits per heavy atom. The second-order valence-electron chi connectivity index (χ2n) is 2.89. The Morgan fingerprint density at radius 1 is 1.38 bits per heavy atom. The summed E-state index contributed by atoms with van der Waals surface area (Å²) >= 11 is 5.82. The van der Waals surface area contributed by atoms with Gasteiger partial charge in [0.2, 0.25) is 0 Å². The maximum Gasteiger partial charge on any atom is 0.344 e. The molecular weight excluding hydrogens is 235 g/mol. The maximum absolute atomic E-state index is 13.5. The van der Waals surface area contributed by atoms with E-state index in [0.29, 0.717) is 0 Å². The zero-order chi connectivity index (χ0) is 12.1. The van der Waals surface area contributed by atoms with Crippen molar-refractivity contribution in [2.24, 2.45) is 0 Å². The fourth-order valence-corrected chi connectivity index (χ4v) is 1.42. The first kappa shape index (κ1) is 12.8. The number of halogens is 2. The minimum Gasteiger partial charge on any atom is -0.491 e. The first-order valence-electron chi connectivity index (χ1n) is 4.89. The highest BCUT2D eigenvalue weighted by Gasteiger charge is 2.21. The molecule has 0 aromatic heterocycles. The van der Waals surface area contributed by atoms with Crippen molar-refractivity contribution >= 4 is 17.6 Å². The molecule has 0 radical (unpaired) electrons. The Hall–Kier alpha value is -1.29. The Morgan fingerprint density at radius 3 is 2.62 bits per heavy atom. The van der Waals surface area contributed by atoms with Crippen LogP contribution in [-0.2, 0) is 4.74 Å². The van der Waals surface area contributed by atoms with Crippen molar-refractivity contribution in [3.63, 3.8) is 0 Å². The molecule has 0 aliphatic rings. The number of hydrogen-bond donors (Lipinski definition) is 0. The average Bonchev–Trinajstić information content (AvgIpc) is 2.24. The fraction of sp³-hybridized carbons (Fsp3) is 0.364. The summed E-state index contributed by atoms with van der Waals surface area (Å²) in [4.78, 5) is 11.5. The third kappa shape index (κ3) is 2.64. The zero-order valence-corrected chi connectivity index (χ0v) is 9.81. The Labute approximate surface area is 98.1 Å². The molecule has 0 spiro atoms. The molecule has 1 aromatic carbocycles. The van der Waals surface area contributed by atoms with Gasteiger partial charge in [0.1, 0.15) is 11.4 Å². The molecule has 1 aromatic rings. The molecule has 0 saturated heterocycles. The van der Waals surface area contributed by atoms with E-state index < -0.39 is 11.8 Å². The molecule has 3 nitrogen and oxygen atoms in total. The van der Waals surface area contributed by atoms with E-state index in [4.69, 9.17) is 21.1 Å². The van der Waals surface area contributed by atoms with E-state index in [0.717, 1.165) is 6.07 Å². The molecule has 88 valence electrons. The Bertz CT molecular complexity index is 393. The van der Waals surface area contributed by atoms with Crippen LogP contribution in [0.15, 0.2) is 12.1 Å². The Kier molecular flexibility index (Phi) is 4.55. The topological polar surface area (TPSA) is 35.5 Å². The van der Waals surface area contributed by atoms with Gasteiger partial charge in [0.05, 0.1) is 18.2 Å². The van der Waals surface area contributed by atoms with E-state index in [1.807, 2.05) is 0 Å². The van der Waals surface area contributed by atoms with Crippen LogP contribution >= 0.6 is 11.6 Å². The van der Waals surface area contributed by atoms with Crippen LogP contribution in [0.25, 0.3) is 0 Å². The standard InChI is InChI=1S/C11H12ClFO3/c1-3-15-10-7(12)5-6-8(13)9(10)11(14)16-4-2/h5-6H,3-4H2,1-2H3. The summed E-state index contributed by atoms with van der Waals surface area (Å²) in [6.07, 6.45) is 0. The largest absolute Gasteiger partial charge is 0.491 e. The number of hydrogen-bond acceptors (Lipinski definition) is 3. The molecule has 0 saturated carbocycles. The van der Waals surface area contributed by atoms with E-state index in [1.54, 1.807) is 13.8 Å². The highest BCUT2D eigenvalue weighted by atomic mass is 35.5. The lowest BCUT2D eigenvalue weighted by Gasteiger charge is -2.11. The summed E-state index contributed by atoms with van der Waals surface area (Å²) in [6, 6.07) is 2.45. The number of esters is 1. The first-order chi connectivity index (χ1) is 7.61. The van der Waals surface area contributed by atoms with Gasteiger partial charge in [-0.1, -0.05) is 11.6 Å². The predicted octanol–water partition coefficient (Wildman–Crippen LogP) is 3.05. The molecular formula is C11H12ClFO3. The average molecular weight is 247 g/mol. The van der Waals surface area contributed by atoms with Crippen molar-refractivity contribution in [1.29, 1.82) is 0 Å². The van der Waals surface area contributed by atoms with Gasteiger partial charge in [-0.2, -0.15) is 0 Å². The quantitative estimate of drug-likeness (QED) is 0.766. The fourth-order valence-electron chi connectivity index (χ4n) is 1.21. The maximum atomic E-state index is 13.5. The molecule has 0 N–H and O–H groups in total. The van der Waals surface area contributed by atoms with Gasteiger partial charge in [-0.3, -0.25) is 0 Å². The van der Waals surface area contributed by atoms with Crippen LogP contribution in [0.3, 0.4) is 0 Å². The van der Waals surface area contributed by atoms with Gasteiger partial charge in [-0.15, -0.1) is 0 Å². The normalized spacial score (nSPS) is 10.0. The van der Waals surface area contributed by atoms with E-state index in [1.165, 1.54) is 6.07 Å². The van der Waals surface area contributed by atoms with E-state index >= 15 is 0 Å². The van der Waals surface area contributed by atoms with Gasteiger partial charge < -0.3 is 9.47 Å². The van der Waals surface area contributed by atoms with Crippen molar-refractivity contribution in [2.75, 3.05) is 13.2 Å². The molecule has 0 aliphatic heterocycles. The molecule has 0 bridgehead atoms. The molecule has 5 heteroatoms. The molecule has 0 fully saturated rings. The molecule has 16 heavy (non-hydrogen) atoms. The van der Waals surface area contributed by atoms with Crippen LogP contribution in [0.2, 0.25) is 5.02 Å². The van der Waals surface area contributed by atoms with E-state index in [-0.39, 0.29) is 29.5 Å². The summed E-state index contributed by atoms with van der Waals surface area (Å²) in [5.74, 6) is -1.44. The molecule has 1 rings (SSSR count). The highest BCUT2D eigenvalue weighted by Crippen LogP contribution is 2.31. The third-order valence-electron chi connectivity index (χ3n) is 1.83. The smallest absolute Gasteiger partial charge is 0.344 e. The number of ether oxygens (including phenoxy) is 2. The summed E-state index contributed by atoms with van der Waals surface area (Å²) in [5.41, 5.74) is -0.254. The summed E-state index contributed by atoms with van der Waals surface area (Å²) in [7, 11) is 0. The van der Waals surface area contributed by atoms with Gasteiger partial charge in [0.25, 0.3) is 0 Å². The number of benzene rings is 1. The van der Waals surface area contributed by atoms with Crippen molar-refractivity contribution in [1.82, 2.24) is 0 Å². The lowest BCUT2D eigenvalue weighted by Crippen LogP contribution is -2.10. The van der Waals surface area contributed by atoms with Crippen LogP contribution in [0, 0.1) is 5.82 Å². The van der Waals surface area contributed by atoms with Crippen LogP contribution in [0.5, 0.6) is 5.75 Å². The number of carbonyl (C=O) groups is 1. The molecule has 0 atom stereocenters. The van der Waals surface area contributed by atoms with E-state index in [9.17, 15) is 9.18 Å². The van der Waals surface area contributed by atoms with Crippen LogP contribution in [0.4, 0.5) is 4.39 Å². The van der Waals surface area contributed by atoms with E-state index in [2.05, 4.69) is 0 Å². The van der Waals surface area contributed by atoms with Crippen molar-refractivity contribution in [2.45, 2.75) is 13.8 Å². The highest BCUT2D eigenvalue weighted by molar-refractivity contribution is 6.32. The van der Waals surface area contributed by atoms with Crippen molar-refractivity contribution in [3.8, 4) is 5.75 Å². The lowest BCUT2D eigenvalue weighted by atomic mass is 10.2. The third-order valence-corrected chi connectivity index (χ3v) is 2.12. The summed E-state index contributed by atoms with van der Waals surface area (Å²) < 4.78 is 23.4. The number of carbonyl (C=O) groups excluding carboxylic acids is 1. The van der Waals surface area contributed by atoms with Gasteiger partial charge >= 0.3 is 5.97 Å². The SMILES string of the molecule is CCOC(=O)c1c(F)ccc(Cl)c1OCC. The van der Waals surface area contributed by atoms with Crippen LogP contribution < -0.4 is 4.74 Å². The van der Waals surface area contributed by atoms with Crippen LogP contribution in [0.1, 0.15) is 24.2 Å². The first-order valence-corrected chi connectivity index (χ1v) is 5.27. The van der Waals surface area contributed by atoms with Gasteiger partial charge in [-0.05, 0) is 26.0 Å². The Balaban J connectivity index is 3.22. The van der Waals surface area contributed by atoms with Gasteiger partial charge in [0.15, 0.2) is 5.75 Å². The zero-order valence-electron chi connectivity index (χ0n) is 9.05. The van der Waals surface area contributed by atoms with Gasteiger partial charge in [0, 0.05) is 0 Å². The number of rotatable bonds is 4. The van der Waals surface area contributed by atoms with Gasteiger partial charge in [-0.25, -0.2) is 9.18 Å². The minimum atomic E-state index is -0.772.